The highest BCUT2D eigenvalue weighted by molar-refractivity contribution is 5.24. The van der Waals surface area contributed by atoms with Crippen LogP contribution in [0.15, 0.2) is 0 Å². The molecule has 0 aromatic heterocycles. The highest BCUT2D eigenvalue weighted by Gasteiger charge is 2.75. The van der Waals surface area contributed by atoms with Crippen LogP contribution in [-0.2, 0) is 0 Å². The fourth-order valence-corrected chi connectivity index (χ4v) is 8.53. The first-order chi connectivity index (χ1) is 8.89. The largest absolute Gasteiger partial charge is 0.393 e. The van der Waals surface area contributed by atoms with E-state index in [0.717, 1.165) is 29.6 Å². The van der Waals surface area contributed by atoms with E-state index in [1.165, 1.54) is 38.5 Å². The number of hydrogen-bond donors (Lipinski definition) is 1. The standard InChI is InChI=1S/C18H28O/c1-10(19)18-7-14-12-4-11-5-13(17(12,3)9-18)15(8-18)16(14,2)6-11/h10-15,19H,4-9H2,1-3H3. The third-order valence-corrected chi connectivity index (χ3v) is 9.13. The molecule has 5 unspecified atom stereocenters. The highest BCUT2D eigenvalue weighted by atomic mass is 16.3. The smallest absolute Gasteiger partial charge is 0.0568 e. The van der Waals surface area contributed by atoms with Crippen LogP contribution in [0.4, 0.5) is 0 Å². The summed E-state index contributed by atoms with van der Waals surface area (Å²) in [6.45, 7) is 7.32. The topological polar surface area (TPSA) is 20.2 Å². The van der Waals surface area contributed by atoms with Crippen LogP contribution < -0.4 is 0 Å². The number of aliphatic hydroxyl groups excluding tert-OH is 1. The van der Waals surface area contributed by atoms with Gasteiger partial charge in [-0.1, -0.05) is 13.8 Å². The quantitative estimate of drug-likeness (QED) is 0.759. The van der Waals surface area contributed by atoms with Crippen molar-refractivity contribution in [1.29, 1.82) is 0 Å². The van der Waals surface area contributed by atoms with Crippen LogP contribution in [-0.4, -0.2) is 11.2 Å². The summed E-state index contributed by atoms with van der Waals surface area (Å²) in [6.07, 6.45) is 8.50. The average molecular weight is 260 g/mol. The molecule has 1 heteroatoms. The van der Waals surface area contributed by atoms with Gasteiger partial charge in [-0.05, 0) is 91.3 Å². The van der Waals surface area contributed by atoms with E-state index < -0.39 is 0 Å². The van der Waals surface area contributed by atoms with Gasteiger partial charge in [0.05, 0.1) is 6.10 Å². The molecule has 7 rings (SSSR count). The molecule has 8 bridgehead atoms. The summed E-state index contributed by atoms with van der Waals surface area (Å²) >= 11 is 0. The van der Waals surface area contributed by atoms with Gasteiger partial charge in [-0.2, -0.15) is 0 Å². The molecule has 1 nitrogen and oxygen atoms in total. The summed E-state index contributed by atoms with van der Waals surface area (Å²) in [5, 5.41) is 10.5. The molecule has 0 aromatic rings. The van der Waals surface area contributed by atoms with E-state index >= 15 is 0 Å². The lowest BCUT2D eigenvalue weighted by atomic mass is 9.25. The van der Waals surface area contributed by atoms with Gasteiger partial charge in [0.15, 0.2) is 0 Å². The Morgan fingerprint density at radius 3 is 2.00 bits per heavy atom. The monoisotopic (exact) mass is 260 g/mol. The van der Waals surface area contributed by atoms with Crippen molar-refractivity contribution in [1.82, 2.24) is 0 Å². The van der Waals surface area contributed by atoms with Crippen molar-refractivity contribution >= 4 is 0 Å². The molecule has 7 fully saturated rings. The van der Waals surface area contributed by atoms with Crippen LogP contribution in [0.25, 0.3) is 0 Å². The molecule has 7 aliphatic rings. The van der Waals surface area contributed by atoms with Gasteiger partial charge in [-0.3, -0.25) is 0 Å². The van der Waals surface area contributed by atoms with Crippen molar-refractivity contribution in [2.24, 2.45) is 45.8 Å². The minimum atomic E-state index is -0.0853. The molecule has 5 atom stereocenters. The average Bonchev–Trinajstić information content (AvgIpc) is 2.34. The molecule has 7 saturated carbocycles. The first-order valence-electron chi connectivity index (χ1n) is 8.57. The number of rotatable bonds is 1. The van der Waals surface area contributed by atoms with Crippen LogP contribution in [0.3, 0.4) is 0 Å². The fourth-order valence-electron chi connectivity index (χ4n) is 8.53. The van der Waals surface area contributed by atoms with Gasteiger partial charge < -0.3 is 5.11 Å². The van der Waals surface area contributed by atoms with Crippen molar-refractivity contribution in [3.05, 3.63) is 0 Å². The van der Waals surface area contributed by atoms with Gasteiger partial charge in [0.1, 0.15) is 0 Å². The van der Waals surface area contributed by atoms with Crippen molar-refractivity contribution in [2.75, 3.05) is 0 Å². The molecule has 106 valence electrons. The summed E-state index contributed by atoms with van der Waals surface area (Å²) in [5.74, 6) is 4.93. The second-order valence-corrected chi connectivity index (χ2v) is 9.60. The lowest BCUT2D eigenvalue weighted by Crippen LogP contribution is -2.74. The van der Waals surface area contributed by atoms with Gasteiger partial charge in [0.2, 0.25) is 0 Å². The van der Waals surface area contributed by atoms with E-state index in [2.05, 4.69) is 20.8 Å². The van der Waals surface area contributed by atoms with Crippen molar-refractivity contribution in [3.63, 3.8) is 0 Å². The van der Waals surface area contributed by atoms with E-state index in [0.29, 0.717) is 16.2 Å². The Morgan fingerprint density at radius 2 is 1.47 bits per heavy atom. The first kappa shape index (κ1) is 11.6. The molecule has 0 spiro atoms. The van der Waals surface area contributed by atoms with Gasteiger partial charge in [0.25, 0.3) is 0 Å². The van der Waals surface area contributed by atoms with Crippen LogP contribution in [0.5, 0.6) is 0 Å². The summed E-state index contributed by atoms with van der Waals surface area (Å²) in [7, 11) is 0. The summed E-state index contributed by atoms with van der Waals surface area (Å²) in [5.41, 5.74) is 1.52. The fraction of sp³-hybridized carbons (Fsp3) is 1.00. The zero-order chi connectivity index (χ0) is 13.2. The molecule has 0 heterocycles. The second-order valence-electron chi connectivity index (χ2n) is 9.60. The molecule has 0 amide bonds. The summed E-state index contributed by atoms with van der Waals surface area (Å²) in [4.78, 5) is 0. The third kappa shape index (κ3) is 1.02. The normalized spacial score (nSPS) is 69.8. The van der Waals surface area contributed by atoms with Crippen molar-refractivity contribution in [2.45, 2.75) is 65.4 Å². The molecular formula is C18H28O. The van der Waals surface area contributed by atoms with Gasteiger partial charge in [0, 0.05) is 0 Å². The van der Waals surface area contributed by atoms with E-state index in [9.17, 15) is 5.11 Å². The van der Waals surface area contributed by atoms with Gasteiger partial charge in [-0.15, -0.1) is 0 Å². The number of aliphatic hydroxyl groups is 1. The maximum Gasteiger partial charge on any atom is 0.0568 e. The van der Waals surface area contributed by atoms with Gasteiger partial charge >= 0.3 is 0 Å². The van der Waals surface area contributed by atoms with Gasteiger partial charge in [-0.25, -0.2) is 0 Å². The molecule has 0 saturated heterocycles. The summed E-state index contributed by atoms with van der Waals surface area (Å²) in [6, 6.07) is 0. The van der Waals surface area contributed by atoms with Crippen LogP contribution in [0.2, 0.25) is 0 Å². The zero-order valence-electron chi connectivity index (χ0n) is 12.7. The number of hydrogen-bond acceptors (Lipinski definition) is 1. The van der Waals surface area contributed by atoms with Crippen molar-refractivity contribution in [3.8, 4) is 0 Å². The third-order valence-electron chi connectivity index (χ3n) is 9.13. The Morgan fingerprint density at radius 1 is 0.895 bits per heavy atom. The summed E-state index contributed by atoms with van der Waals surface area (Å²) < 4.78 is 0. The predicted molar refractivity (Wildman–Crippen MR) is 75.5 cm³/mol. The first-order valence-corrected chi connectivity index (χ1v) is 8.57. The SMILES string of the molecule is CC(O)C12CC3C4CC5CC(C(C1)C3(C)C5)C4(C)C2. The Labute approximate surface area is 117 Å². The second kappa shape index (κ2) is 2.93. The molecular weight excluding hydrogens is 232 g/mol. The van der Waals surface area contributed by atoms with Crippen LogP contribution in [0, 0.1) is 45.8 Å². The van der Waals surface area contributed by atoms with E-state index in [-0.39, 0.29) is 6.10 Å². The molecule has 0 aromatic carbocycles. The Balaban J connectivity index is 1.71. The van der Waals surface area contributed by atoms with E-state index in [4.69, 9.17) is 0 Å². The van der Waals surface area contributed by atoms with E-state index in [1.54, 1.807) is 0 Å². The highest BCUT2D eigenvalue weighted by Crippen LogP contribution is 2.82. The minimum absolute atomic E-state index is 0.0853. The Hall–Kier alpha value is -0.0400. The maximum atomic E-state index is 10.5. The zero-order valence-corrected chi connectivity index (χ0v) is 12.7. The predicted octanol–water partition coefficient (Wildman–Crippen LogP) is 3.86. The van der Waals surface area contributed by atoms with Crippen molar-refractivity contribution < 1.29 is 5.11 Å². The van der Waals surface area contributed by atoms with E-state index in [1.807, 2.05) is 0 Å². The Bertz CT molecular complexity index is 427. The molecule has 19 heavy (non-hydrogen) atoms. The Kier molecular flexibility index (Phi) is 1.79. The molecule has 7 aliphatic carbocycles. The minimum Gasteiger partial charge on any atom is -0.393 e. The lowest BCUT2D eigenvalue weighted by Gasteiger charge is -2.80. The van der Waals surface area contributed by atoms with Crippen LogP contribution >= 0.6 is 0 Å². The lowest BCUT2D eigenvalue weighted by molar-refractivity contribution is -0.321. The molecule has 1 N–H and O–H groups in total. The maximum absolute atomic E-state index is 10.5. The van der Waals surface area contributed by atoms with Crippen LogP contribution in [0.1, 0.15) is 59.3 Å². The molecule has 0 radical (unpaired) electrons. The molecule has 0 aliphatic heterocycles.